The van der Waals surface area contributed by atoms with Gasteiger partial charge in [0.2, 0.25) is 0 Å². The zero-order valence-corrected chi connectivity index (χ0v) is 12.6. The Morgan fingerprint density at radius 3 is 2.90 bits per heavy atom. The molecule has 106 valence electrons. The molecular weight excluding hydrogens is 268 g/mol. The van der Waals surface area contributed by atoms with Gasteiger partial charge in [0, 0.05) is 25.3 Å². The highest BCUT2D eigenvalue weighted by atomic mass is 32.2. The Balaban J connectivity index is 1.67. The molecule has 1 aromatic carbocycles. The van der Waals surface area contributed by atoms with Gasteiger partial charge < -0.3 is 9.88 Å². The summed E-state index contributed by atoms with van der Waals surface area (Å²) in [5.41, 5.74) is 1.32. The zero-order chi connectivity index (χ0) is 13.8. The third kappa shape index (κ3) is 3.04. The highest BCUT2D eigenvalue weighted by Gasteiger charge is 2.21. The van der Waals surface area contributed by atoms with Crippen molar-refractivity contribution in [2.75, 3.05) is 13.1 Å². The van der Waals surface area contributed by atoms with Crippen LogP contribution in [-0.2, 0) is 12.8 Å². The average Bonchev–Trinajstić information content (AvgIpc) is 2.88. The maximum absolute atomic E-state index is 4.40. The van der Waals surface area contributed by atoms with E-state index >= 15 is 0 Å². The van der Waals surface area contributed by atoms with Crippen LogP contribution in [0.15, 0.2) is 35.5 Å². The van der Waals surface area contributed by atoms with Crippen molar-refractivity contribution in [1.82, 2.24) is 20.1 Å². The van der Waals surface area contributed by atoms with E-state index in [-0.39, 0.29) is 0 Å². The summed E-state index contributed by atoms with van der Waals surface area (Å²) in [4.78, 5) is 0. The molecule has 0 saturated carbocycles. The molecule has 1 atom stereocenters. The molecule has 0 unspecified atom stereocenters. The maximum atomic E-state index is 4.40. The summed E-state index contributed by atoms with van der Waals surface area (Å²) < 4.78 is 2.16. The van der Waals surface area contributed by atoms with Crippen molar-refractivity contribution in [2.45, 2.75) is 29.7 Å². The van der Waals surface area contributed by atoms with E-state index in [1.165, 1.54) is 18.4 Å². The molecule has 0 radical (unpaired) electrons. The molecule has 1 aliphatic heterocycles. The first-order chi connectivity index (χ1) is 9.84. The zero-order valence-electron chi connectivity index (χ0n) is 11.7. The lowest BCUT2D eigenvalue weighted by atomic mass is 9.99. The minimum atomic E-state index is 0.507. The average molecular weight is 288 g/mol. The molecule has 1 aliphatic rings. The standard InChI is InChI=1S/C15H20N4S/c1-19-14(13-8-5-9-16-10-13)17-18-15(19)20-11-12-6-3-2-4-7-12/h2-4,6-7,13,16H,5,8-11H2,1H3/t13-/m1/s1. The van der Waals surface area contributed by atoms with E-state index in [2.05, 4.69) is 51.4 Å². The Labute approximate surface area is 124 Å². The van der Waals surface area contributed by atoms with Crippen molar-refractivity contribution in [1.29, 1.82) is 0 Å². The molecule has 5 heteroatoms. The van der Waals surface area contributed by atoms with E-state index in [9.17, 15) is 0 Å². The summed E-state index contributed by atoms with van der Waals surface area (Å²) in [6.45, 7) is 2.15. The fourth-order valence-electron chi connectivity index (χ4n) is 2.60. The van der Waals surface area contributed by atoms with Gasteiger partial charge in [-0.2, -0.15) is 0 Å². The van der Waals surface area contributed by atoms with Gasteiger partial charge in [-0.3, -0.25) is 0 Å². The molecule has 3 rings (SSSR count). The van der Waals surface area contributed by atoms with Crippen LogP contribution in [0.5, 0.6) is 0 Å². The van der Waals surface area contributed by atoms with Crippen LogP contribution in [0.3, 0.4) is 0 Å². The van der Waals surface area contributed by atoms with E-state index < -0.39 is 0 Å². The Morgan fingerprint density at radius 1 is 1.30 bits per heavy atom. The van der Waals surface area contributed by atoms with Crippen molar-refractivity contribution < 1.29 is 0 Å². The van der Waals surface area contributed by atoms with Crippen LogP contribution in [-0.4, -0.2) is 27.9 Å². The van der Waals surface area contributed by atoms with Crippen molar-refractivity contribution >= 4 is 11.8 Å². The van der Waals surface area contributed by atoms with E-state index in [0.29, 0.717) is 5.92 Å². The van der Waals surface area contributed by atoms with Crippen LogP contribution in [0.4, 0.5) is 0 Å². The Bertz CT molecular complexity index is 546. The molecule has 20 heavy (non-hydrogen) atoms. The smallest absolute Gasteiger partial charge is 0.191 e. The molecular formula is C15H20N4S. The van der Waals surface area contributed by atoms with Gasteiger partial charge in [0.25, 0.3) is 0 Å². The normalized spacial score (nSPS) is 19.1. The molecule has 1 N–H and O–H groups in total. The molecule has 0 spiro atoms. The quantitative estimate of drug-likeness (QED) is 0.878. The first-order valence-electron chi connectivity index (χ1n) is 7.11. The highest BCUT2D eigenvalue weighted by molar-refractivity contribution is 7.98. The van der Waals surface area contributed by atoms with Gasteiger partial charge in [0.15, 0.2) is 5.16 Å². The van der Waals surface area contributed by atoms with E-state index in [1.54, 1.807) is 11.8 Å². The van der Waals surface area contributed by atoms with Gasteiger partial charge in [0.05, 0.1) is 0 Å². The van der Waals surface area contributed by atoms with Gasteiger partial charge in [0.1, 0.15) is 5.82 Å². The summed E-state index contributed by atoms with van der Waals surface area (Å²) in [5, 5.41) is 13.2. The molecule has 1 saturated heterocycles. The summed E-state index contributed by atoms with van der Waals surface area (Å²) in [6.07, 6.45) is 2.44. The van der Waals surface area contributed by atoms with Crippen LogP contribution >= 0.6 is 11.8 Å². The lowest BCUT2D eigenvalue weighted by molar-refractivity contribution is 0.436. The third-order valence-corrected chi connectivity index (χ3v) is 4.83. The monoisotopic (exact) mass is 288 g/mol. The number of nitrogens with zero attached hydrogens (tertiary/aromatic N) is 3. The van der Waals surface area contributed by atoms with Gasteiger partial charge in [-0.15, -0.1) is 10.2 Å². The van der Waals surface area contributed by atoms with Crippen LogP contribution in [0.2, 0.25) is 0 Å². The Hall–Kier alpha value is -1.33. The van der Waals surface area contributed by atoms with Crippen molar-refractivity contribution in [3.63, 3.8) is 0 Å². The van der Waals surface area contributed by atoms with Gasteiger partial charge >= 0.3 is 0 Å². The molecule has 0 amide bonds. The second-order valence-electron chi connectivity index (χ2n) is 5.22. The fourth-order valence-corrected chi connectivity index (χ4v) is 3.48. The van der Waals surface area contributed by atoms with Crippen LogP contribution in [0, 0.1) is 0 Å². The van der Waals surface area contributed by atoms with Crippen LogP contribution in [0.25, 0.3) is 0 Å². The number of nitrogens with one attached hydrogen (secondary N) is 1. The number of thioether (sulfide) groups is 1. The number of hydrogen-bond donors (Lipinski definition) is 1. The molecule has 2 heterocycles. The maximum Gasteiger partial charge on any atom is 0.191 e. The predicted octanol–water partition coefficient (Wildman–Crippen LogP) is 2.57. The topological polar surface area (TPSA) is 42.7 Å². The lowest BCUT2D eigenvalue weighted by Gasteiger charge is -2.21. The van der Waals surface area contributed by atoms with Crippen LogP contribution in [0.1, 0.15) is 30.1 Å². The molecule has 4 nitrogen and oxygen atoms in total. The number of piperidine rings is 1. The lowest BCUT2D eigenvalue weighted by Crippen LogP contribution is -2.29. The minimum Gasteiger partial charge on any atom is -0.316 e. The fraction of sp³-hybridized carbons (Fsp3) is 0.467. The SMILES string of the molecule is Cn1c(SCc2ccccc2)nnc1[C@@H]1CCCNC1. The summed E-state index contributed by atoms with van der Waals surface area (Å²) in [7, 11) is 2.08. The van der Waals surface area contributed by atoms with E-state index in [4.69, 9.17) is 0 Å². The van der Waals surface area contributed by atoms with Gasteiger partial charge in [-0.1, -0.05) is 42.1 Å². The number of aromatic nitrogens is 3. The van der Waals surface area contributed by atoms with E-state index in [1.807, 2.05) is 6.07 Å². The Morgan fingerprint density at radius 2 is 2.15 bits per heavy atom. The molecule has 2 aromatic rings. The summed E-state index contributed by atoms with van der Waals surface area (Å²) in [5.74, 6) is 2.57. The predicted molar refractivity (Wildman–Crippen MR) is 81.9 cm³/mol. The molecule has 0 aliphatic carbocycles. The number of hydrogen-bond acceptors (Lipinski definition) is 4. The van der Waals surface area contributed by atoms with Crippen molar-refractivity contribution in [3.05, 3.63) is 41.7 Å². The second-order valence-corrected chi connectivity index (χ2v) is 6.16. The minimum absolute atomic E-state index is 0.507. The third-order valence-electron chi connectivity index (χ3n) is 3.74. The Kier molecular flexibility index (Phi) is 4.38. The molecule has 0 bridgehead atoms. The first kappa shape index (κ1) is 13.6. The van der Waals surface area contributed by atoms with Crippen molar-refractivity contribution in [3.8, 4) is 0 Å². The van der Waals surface area contributed by atoms with Crippen molar-refractivity contribution in [2.24, 2.45) is 7.05 Å². The largest absolute Gasteiger partial charge is 0.316 e. The number of benzene rings is 1. The summed E-state index contributed by atoms with van der Waals surface area (Å²) >= 11 is 1.75. The van der Waals surface area contributed by atoms with E-state index in [0.717, 1.165) is 29.8 Å². The van der Waals surface area contributed by atoms with Gasteiger partial charge in [-0.05, 0) is 24.9 Å². The van der Waals surface area contributed by atoms with Gasteiger partial charge in [-0.25, -0.2) is 0 Å². The highest BCUT2D eigenvalue weighted by Crippen LogP contribution is 2.26. The van der Waals surface area contributed by atoms with Crippen LogP contribution < -0.4 is 5.32 Å². The second kappa shape index (κ2) is 6.41. The molecule has 1 fully saturated rings. The summed E-state index contributed by atoms with van der Waals surface area (Å²) in [6, 6.07) is 10.5. The molecule has 1 aromatic heterocycles. The first-order valence-corrected chi connectivity index (χ1v) is 8.10. The number of rotatable bonds is 4.